The first kappa shape index (κ1) is 16.0. The summed E-state index contributed by atoms with van der Waals surface area (Å²) in [6.07, 6.45) is 4.28. The van der Waals surface area contributed by atoms with Crippen molar-refractivity contribution in [3.8, 4) is 5.88 Å². The molecule has 1 aliphatic rings. The van der Waals surface area contributed by atoms with Crippen molar-refractivity contribution in [2.75, 3.05) is 11.9 Å². The molecular formula is C16H21N3O3. The lowest BCUT2D eigenvalue weighted by Crippen LogP contribution is -2.45. The van der Waals surface area contributed by atoms with Crippen LogP contribution in [0.2, 0.25) is 0 Å². The summed E-state index contributed by atoms with van der Waals surface area (Å²) in [6.45, 7) is 7.75. The number of nitrogens with one attached hydrogen (secondary N) is 1. The summed E-state index contributed by atoms with van der Waals surface area (Å²) < 4.78 is 5.39. The van der Waals surface area contributed by atoms with E-state index in [1.165, 1.54) is 6.08 Å². The summed E-state index contributed by atoms with van der Waals surface area (Å²) in [5.41, 5.74) is 0.514. The fourth-order valence-electron chi connectivity index (χ4n) is 2.67. The number of carbonyl (C=O) groups excluding carboxylic acids is 2. The Bertz CT molecular complexity index is 574. The van der Waals surface area contributed by atoms with Crippen LogP contribution in [0.15, 0.2) is 31.0 Å². The Morgan fingerprint density at radius 3 is 3.00 bits per heavy atom. The van der Waals surface area contributed by atoms with Crippen molar-refractivity contribution >= 4 is 17.5 Å². The summed E-state index contributed by atoms with van der Waals surface area (Å²) in [4.78, 5) is 30.2. The molecule has 1 aromatic heterocycles. The number of rotatable bonds is 5. The standard InChI is InChI=1S/C16H21N3O3/c1-4-14(20)19-11(3)8-9-13(19)15(21)18-12-7-6-10-17-16(12)22-5-2/h4,6-7,10-11,13H,1,5,8-9H2,2-3H3,(H,18,21)/t11-,13-/m0/s1. The van der Waals surface area contributed by atoms with Gasteiger partial charge in [0.2, 0.25) is 17.7 Å². The molecule has 1 N–H and O–H groups in total. The highest BCUT2D eigenvalue weighted by molar-refractivity contribution is 6.00. The van der Waals surface area contributed by atoms with Crippen molar-refractivity contribution in [2.24, 2.45) is 0 Å². The number of ether oxygens (including phenoxy) is 1. The van der Waals surface area contributed by atoms with E-state index in [1.807, 2.05) is 13.8 Å². The number of pyridine rings is 1. The highest BCUT2D eigenvalue weighted by Crippen LogP contribution is 2.27. The van der Waals surface area contributed by atoms with Crippen LogP contribution in [0.25, 0.3) is 0 Å². The number of amides is 2. The Hall–Kier alpha value is -2.37. The Morgan fingerprint density at radius 2 is 2.32 bits per heavy atom. The maximum Gasteiger partial charge on any atom is 0.247 e. The lowest BCUT2D eigenvalue weighted by Gasteiger charge is -2.26. The topological polar surface area (TPSA) is 71.5 Å². The predicted molar refractivity (Wildman–Crippen MR) is 83.6 cm³/mol. The van der Waals surface area contributed by atoms with Crippen LogP contribution in [-0.2, 0) is 9.59 Å². The van der Waals surface area contributed by atoms with E-state index in [2.05, 4.69) is 16.9 Å². The van der Waals surface area contributed by atoms with Crippen molar-refractivity contribution in [3.63, 3.8) is 0 Å². The first-order valence-electron chi connectivity index (χ1n) is 7.41. The Balaban J connectivity index is 2.15. The molecule has 6 nitrogen and oxygen atoms in total. The van der Waals surface area contributed by atoms with Gasteiger partial charge in [-0.1, -0.05) is 6.58 Å². The second-order valence-electron chi connectivity index (χ2n) is 5.17. The second-order valence-corrected chi connectivity index (χ2v) is 5.17. The molecule has 0 bridgehead atoms. The Kier molecular flexibility index (Phi) is 5.14. The smallest absolute Gasteiger partial charge is 0.247 e. The molecule has 2 heterocycles. The molecule has 0 unspecified atom stereocenters. The Labute approximate surface area is 130 Å². The zero-order valence-electron chi connectivity index (χ0n) is 12.9. The molecule has 1 aliphatic heterocycles. The van der Waals surface area contributed by atoms with Gasteiger partial charge in [-0.05, 0) is 44.9 Å². The lowest BCUT2D eigenvalue weighted by atomic mass is 10.2. The average molecular weight is 303 g/mol. The van der Waals surface area contributed by atoms with Gasteiger partial charge in [0.05, 0.1) is 6.61 Å². The highest BCUT2D eigenvalue weighted by Gasteiger charge is 2.37. The van der Waals surface area contributed by atoms with E-state index in [0.717, 1.165) is 6.42 Å². The normalized spacial score (nSPS) is 20.5. The average Bonchev–Trinajstić information content (AvgIpc) is 2.90. The summed E-state index contributed by atoms with van der Waals surface area (Å²) in [7, 11) is 0. The molecule has 2 amide bonds. The van der Waals surface area contributed by atoms with Gasteiger partial charge < -0.3 is 15.0 Å². The number of hydrogen-bond acceptors (Lipinski definition) is 4. The van der Waals surface area contributed by atoms with Crippen LogP contribution in [-0.4, -0.2) is 40.4 Å². The minimum absolute atomic E-state index is 0.0292. The summed E-state index contributed by atoms with van der Waals surface area (Å²) in [6, 6.07) is 2.99. The number of nitrogens with zero attached hydrogens (tertiary/aromatic N) is 2. The third kappa shape index (κ3) is 3.27. The molecule has 2 rings (SSSR count). The monoisotopic (exact) mass is 303 g/mol. The van der Waals surface area contributed by atoms with E-state index in [-0.39, 0.29) is 17.9 Å². The van der Waals surface area contributed by atoms with E-state index in [1.54, 1.807) is 23.2 Å². The van der Waals surface area contributed by atoms with Crippen LogP contribution in [0.5, 0.6) is 5.88 Å². The fraction of sp³-hybridized carbons (Fsp3) is 0.438. The molecule has 2 atom stereocenters. The second kappa shape index (κ2) is 7.06. The quantitative estimate of drug-likeness (QED) is 0.844. The molecule has 6 heteroatoms. The van der Waals surface area contributed by atoms with Gasteiger partial charge >= 0.3 is 0 Å². The van der Waals surface area contributed by atoms with Gasteiger partial charge in [0.15, 0.2) is 0 Å². The molecule has 0 saturated carbocycles. The van der Waals surface area contributed by atoms with E-state index in [0.29, 0.717) is 24.6 Å². The van der Waals surface area contributed by atoms with Crippen LogP contribution in [0, 0.1) is 0 Å². The first-order valence-corrected chi connectivity index (χ1v) is 7.41. The molecule has 118 valence electrons. The van der Waals surface area contributed by atoms with Gasteiger partial charge in [0, 0.05) is 12.2 Å². The van der Waals surface area contributed by atoms with Crippen molar-refractivity contribution in [1.29, 1.82) is 0 Å². The zero-order valence-corrected chi connectivity index (χ0v) is 12.9. The van der Waals surface area contributed by atoms with Crippen molar-refractivity contribution < 1.29 is 14.3 Å². The van der Waals surface area contributed by atoms with Crippen molar-refractivity contribution in [2.45, 2.75) is 38.8 Å². The third-order valence-electron chi connectivity index (χ3n) is 3.71. The van der Waals surface area contributed by atoms with Gasteiger partial charge in [0.25, 0.3) is 0 Å². The van der Waals surface area contributed by atoms with E-state index < -0.39 is 6.04 Å². The SMILES string of the molecule is C=CC(=O)N1[C@@H](C)CC[C@H]1C(=O)Nc1cccnc1OCC. The highest BCUT2D eigenvalue weighted by atomic mass is 16.5. The van der Waals surface area contributed by atoms with Crippen LogP contribution in [0.1, 0.15) is 26.7 Å². The lowest BCUT2D eigenvalue weighted by molar-refractivity contribution is -0.134. The largest absolute Gasteiger partial charge is 0.476 e. The Morgan fingerprint density at radius 1 is 1.55 bits per heavy atom. The minimum Gasteiger partial charge on any atom is -0.476 e. The van der Waals surface area contributed by atoms with E-state index >= 15 is 0 Å². The molecule has 22 heavy (non-hydrogen) atoms. The summed E-state index contributed by atoms with van der Waals surface area (Å²) in [5.74, 6) is -0.0686. The number of hydrogen-bond donors (Lipinski definition) is 1. The minimum atomic E-state index is -0.491. The first-order chi connectivity index (χ1) is 10.6. The maximum absolute atomic E-state index is 12.5. The fourth-order valence-corrected chi connectivity index (χ4v) is 2.67. The number of aromatic nitrogens is 1. The zero-order chi connectivity index (χ0) is 16.1. The molecule has 1 saturated heterocycles. The molecule has 1 aromatic rings. The summed E-state index contributed by atoms with van der Waals surface area (Å²) in [5, 5.41) is 2.81. The van der Waals surface area contributed by atoms with Gasteiger partial charge in [-0.25, -0.2) is 4.98 Å². The molecule has 0 aromatic carbocycles. The third-order valence-corrected chi connectivity index (χ3v) is 3.71. The number of anilines is 1. The van der Waals surface area contributed by atoms with E-state index in [4.69, 9.17) is 4.74 Å². The number of carbonyl (C=O) groups is 2. The maximum atomic E-state index is 12.5. The van der Waals surface area contributed by atoms with Gasteiger partial charge in [-0.3, -0.25) is 9.59 Å². The van der Waals surface area contributed by atoms with Crippen LogP contribution < -0.4 is 10.1 Å². The van der Waals surface area contributed by atoms with Gasteiger partial charge in [0.1, 0.15) is 11.7 Å². The molecule has 0 radical (unpaired) electrons. The van der Waals surface area contributed by atoms with E-state index in [9.17, 15) is 9.59 Å². The van der Waals surface area contributed by atoms with Gasteiger partial charge in [-0.2, -0.15) is 0 Å². The molecule has 0 aliphatic carbocycles. The van der Waals surface area contributed by atoms with Gasteiger partial charge in [-0.15, -0.1) is 0 Å². The van der Waals surface area contributed by atoms with Crippen LogP contribution in [0.4, 0.5) is 5.69 Å². The van der Waals surface area contributed by atoms with Crippen molar-refractivity contribution in [3.05, 3.63) is 31.0 Å². The molecule has 0 spiro atoms. The predicted octanol–water partition coefficient (Wildman–Crippen LogP) is 1.98. The molecule has 1 fully saturated rings. The van der Waals surface area contributed by atoms with Crippen LogP contribution in [0.3, 0.4) is 0 Å². The number of likely N-dealkylation sites (tertiary alicyclic amines) is 1. The summed E-state index contributed by atoms with van der Waals surface area (Å²) >= 11 is 0. The van der Waals surface area contributed by atoms with Crippen molar-refractivity contribution in [1.82, 2.24) is 9.88 Å². The molecular weight excluding hydrogens is 282 g/mol. The van der Waals surface area contributed by atoms with Crippen LogP contribution >= 0.6 is 0 Å².